The van der Waals surface area contributed by atoms with Crippen LogP contribution in [0.5, 0.6) is 0 Å². The molecule has 10 heteroatoms. The van der Waals surface area contributed by atoms with Crippen molar-refractivity contribution in [1.82, 2.24) is 19.5 Å². The van der Waals surface area contributed by atoms with E-state index in [-0.39, 0.29) is 6.54 Å². The van der Waals surface area contributed by atoms with E-state index in [1.165, 1.54) is 10.5 Å². The number of nitrogens with two attached hydrogens (primary N) is 1. The molecule has 2 aromatic rings. The number of alkyl halides is 3. The van der Waals surface area contributed by atoms with Crippen molar-refractivity contribution in [2.45, 2.75) is 12.7 Å². The molecular weight excluding hydrogens is 329 g/mol. The quantitative estimate of drug-likeness (QED) is 0.662. The van der Waals surface area contributed by atoms with E-state index in [0.717, 1.165) is 36.9 Å². The third-order valence-electron chi connectivity index (χ3n) is 3.52. The molecule has 3 heterocycles. The molecule has 23 heavy (non-hydrogen) atoms. The monoisotopic (exact) mass is 344 g/mol. The van der Waals surface area contributed by atoms with Gasteiger partial charge in [-0.1, -0.05) is 0 Å². The van der Waals surface area contributed by atoms with Crippen molar-refractivity contribution in [1.29, 1.82) is 0 Å². The van der Waals surface area contributed by atoms with Crippen molar-refractivity contribution in [3.05, 3.63) is 29.7 Å². The van der Waals surface area contributed by atoms with Gasteiger partial charge in [-0.25, -0.2) is 4.99 Å². The maximum absolute atomic E-state index is 12.8. The number of pyridine rings is 1. The number of thioether (sulfide) groups is 1. The number of guanidine groups is 1. The first-order valence-electron chi connectivity index (χ1n) is 6.98. The fourth-order valence-corrected chi connectivity index (χ4v) is 3.16. The zero-order valence-corrected chi connectivity index (χ0v) is 12.9. The van der Waals surface area contributed by atoms with Gasteiger partial charge in [0.05, 0.1) is 5.56 Å². The lowest BCUT2D eigenvalue weighted by atomic mass is 10.3. The van der Waals surface area contributed by atoms with Crippen LogP contribution in [0.4, 0.5) is 13.2 Å². The predicted octanol–water partition coefficient (Wildman–Crippen LogP) is 1.61. The Bertz CT molecular complexity index is 720. The summed E-state index contributed by atoms with van der Waals surface area (Å²) < 4.78 is 39.7. The molecule has 0 spiro atoms. The first-order chi connectivity index (χ1) is 10.9. The van der Waals surface area contributed by atoms with E-state index in [0.29, 0.717) is 17.4 Å². The Kier molecular flexibility index (Phi) is 4.33. The minimum atomic E-state index is -4.41. The van der Waals surface area contributed by atoms with Gasteiger partial charge in [-0.05, 0) is 12.1 Å². The van der Waals surface area contributed by atoms with Gasteiger partial charge in [0.2, 0.25) is 0 Å². The van der Waals surface area contributed by atoms with Crippen LogP contribution in [0.2, 0.25) is 0 Å². The van der Waals surface area contributed by atoms with Gasteiger partial charge in [-0.2, -0.15) is 24.9 Å². The smallest absolute Gasteiger partial charge is 0.370 e. The van der Waals surface area contributed by atoms with E-state index in [9.17, 15) is 13.2 Å². The van der Waals surface area contributed by atoms with E-state index in [4.69, 9.17) is 5.73 Å². The van der Waals surface area contributed by atoms with E-state index in [1.54, 1.807) is 0 Å². The van der Waals surface area contributed by atoms with Gasteiger partial charge in [-0.3, -0.25) is 4.40 Å². The first kappa shape index (κ1) is 15.9. The fourth-order valence-electron chi connectivity index (χ4n) is 2.26. The van der Waals surface area contributed by atoms with Crippen LogP contribution in [-0.2, 0) is 12.7 Å². The zero-order valence-electron chi connectivity index (χ0n) is 12.1. The number of aliphatic imine (C=N–C) groups is 1. The van der Waals surface area contributed by atoms with E-state index in [1.807, 2.05) is 16.7 Å². The van der Waals surface area contributed by atoms with Crippen LogP contribution >= 0.6 is 11.8 Å². The molecule has 2 N–H and O–H groups in total. The number of aromatic nitrogens is 3. The summed E-state index contributed by atoms with van der Waals surface area (Å²) in [6.45, 7) is 1.72. The van der Waals surface area contributed by atoms with Gasteiger partial charge < -0.3 is 10.6 Å². The topological polar surface area (TPSA) is 71.8 Å². The van der Waals surface area contributed by atoms with Gasteiger partial charge >= 0.3 is 6.18 Å². The average molecular weight is 344 g/mol. The molecule has 0 bridgehead atoms. The Hall–Kier alpha value is -1.97. The molecule has 124 valence electrons. The number of fused-ring (bicyclic) bond motifs is 1. The van der Waals surface area contributed by atoms with Crippen molar-refractivity contribution in [2.24, 2.45) is 10.7 Å². The molecule has 0 aliphatic carbocycles. The zero-order chi connectivity index (χ0) is 16.4. The maximum atomic E-state index is 12.8. The largest absolute Gasteiger partial charge is 0.417 e. The minimum absolute atomic E-state index is 0.0813. The van der Waals surface area contributed by atoms with E-state index in [2.05, 4.69) is 15.2 Å². The Balaban J connectivity index is 1.82. The van der Waals surface area contributed by atoms with Gasteiger partial charge in [0.25, 0.3) is 0 Å². The van der Waals surface area contributed by atoms with Crippen molar-refractivity contribution in [3.8, 4) is 0 Å². The molecule has 6 nitrogen and oxygen atoms in total. The summed E-state index contributed by atoms with van der Waals surface area (Å²) in [5.74, 6) is 2.67. The van der Waals surface area contributed by atoms with Crippen LogP contribution in [-0.4, -0.2) is 50.1 Å². The maximum Gasteiger partial charge on any atom is 0.417 e. The molecular formula is C13H15F3N6S. The summed E-state index contributed by atoms with van der Waals surface area (Å²) in [5.41, 5.74) is 5.53. The molecule has 0 atom stereocenters. The van der Waals surface area contributed by atoms with Gasteiger partial charge in [0.1, 0.15) is 6.54 Å². The lowest BCUT2D eigenvalue weighted by molar-refractivity contribution is -0.137. The summed E-state index contributed by atoms with van der Waals surface area (Å²) in [6, 6.07) is 2.27. The van der Waals surface area contributed by atoms with Crippen molar-refractivity contribution < 1.29 is 13.2 Å². The molecule has 0 amide bonds. The standard InChI is InChI=1S/C13H15F3N6S/c14-13(15,16)9-1-2-10-19-20-11(22(10)8-9)7-18-12(17)21-3-5-23-6-4-21/h1-2,8H,3-7H2,(H2,17,18). The highest BCUT2D eigenvalue weighted by atomic mass is 32.2. The van der Waals surface area contributed by atoms with E-state index >= 15 is 0 Å². The molecule has 0 aromatic carbocycles. The summed E-state index contributed by atoms with van der Waals surface area (Å²) in [7, 11) is 0. The number of hydrogen-bond donors (Lipinski definition) is 1. The third-order valence-corrected chi connectivity index (χ3v) is 4.46. The van der Waals surface area contributed by atoms with Crippen LogP contribution in [0.1, 0.15) is 11.4 Å². The van der Waals surface area contributed by atoms with Crippen molar-refractivity contribution in [2.75, 3.05) is 24.6 Å². The SMILES string of the molecule is NC(=NCc1nnc2ccc(C(F)(F)F)cn12)N1CCSCC1. The van der Waals surface area contributed by atoms with Crippen LogP contribution < -0.4 is 5.73 Å². The second-order valence-electron chi connectivity index (χ2n) is 5.03. The van der Waals surface area contributed by atoms with Crippen molar-refractivity contribution in [3.63, 3.8) is 0 Å². The van der Waals surface area contributed by atoms with Crippen LogP contribution in [0.25, 0.3) is 5.65 Å². The molecule has 2 aromatic heterocycles. The minimum Gasteiger partial charge on any atom is -0.370 e. The molecule has 0 radical (unpaired) electrons. The molecule has 0 saturated carbocycles. The predicted molar refractivity (Wildman–Crippen MR) is 82.2 cm³/mol. The number of nitrogens with zero attached hydrogens (tertiary/aromatic N) is 5. The highest BCUT2D eigenvalue weighted by Gasteiger charge is 2.31. The summed E-state index contributed by atoms with van der Waals surface area (Å²) in [5, 5.41) is 7.75. The lowest BCUT2D eigenvalue weighted by Crippen LogP contribution is -2.42. The summed E-state index contributed by atoms with van der Waals surface area (Å²) in [4.78, 5) is 6.20. The normalized spacial score (nSPS) is 17.0. The third kappa shape index (κ3) is 3.52. The molecule has 1 aliphatic heterocycles. The van der Waals surface area contributed by atoms with Gasteiger partial charge in [0, 0.05) is 30.8 Å². The molecule has 3 rings (SSSR count). The Morgan fingerprint density at radius 2 is 2.00 bits per heavy atom. The highest BCUT2D eigenvalue weighted by Crippen LogP contribution is 2.29. The van der Waals surface area contributed by atoms with Crippen molar-refractivity contribution >= 4 is 23.4 Å². The van der Waals surface area contributed by atoms with Crippen LogP contribution in [0, 0.1) is 0 Å². The average Bonchev–Trinajstić information content (AvgIpc) is 2.95. The van der Waals surface area contributed by atoms with Crippen LogP contribution in [0.3, 0.4) is 0 Å². The second-order valence-corrected chi connectivity index (χ2v) is 6.26. The Labute approximate surface area is 134 Å². The van der Waals surface area contributed by atoms with E-state index < -0.39 is 11.7 Å². The Morgan fingerprint density at radius 3 is 2.70 bits per heavy atom. The number of halogens is 3. The molecule has 1 saturated heterocycles. The number of hydrogen-bond acceptors (Lipinski definition) is 4. The Morgan fingerprint density at radius 1 is 1.26 bits per heavy atom. The van der Waals surface area contributed by atoms with Gasteiger partial charge in [-0.15, -0.1) is 10.2 Å². The lowest BCUT2D eigenvalue weighted by Gasteiger charge is -2.27. The number of rotatable bonds is 2. The molecule has 1 aliphatic rings. The van der Waals surface area contributed by atoms with Gasteiger partial charge in [0.15, 0.2) is 17.4 Å². The summed E-state index contributed by atoms with van der Waals surface area (Å²) in [6.07, 6.45) is -3.43. The summed E-state index contributed by atoms with van der Waals surface area (Å²) >= 11 is 1.85. The first-order valence-corrected chi connectivity index (χ1v) is 8.14. The molecule has 1 fully saturated rings. The van der Waals surface area contributed by atoms with Crippen LogP contribution in [0.15, 0.2) is 23.3 Å². The molecule has 0 unspecified atom stereocenters. The second kappa shape index (κ2) is 6.26. The highest BCUT2D eigenvalue weighted by molar-refractivity contribution is 7.99. The fraction of sp³-hybridized carbons (Fsp3) is 0.462.